The zero-order chi connectivity index (χ0) is 19.7. The molecular weight excluding hydrogens is 392 g/mol. The van der Waals surface area contributed by atoms with Crippen molar-refractivity contribution in [1.29, 1.82) is 0 Å². The van der Waals surface area contributed by atoms with Crippen LogP contribution in [0.2, 0.25) is 5.02 Å². The number of nitrogens with zero attached hydrogens (tertiary/aromatic N) is 1. The third kappa shape index (κ3) is 3.55. The quantitative estimate of drug-likeness (QED) is 0.614. The lowest BCUT2D eigenvalue weighted by Gasteiger charge is -2.29. The highest BCUT2D eigenvalue weighted by atomic mass is 35.5. The number of aryl methyl sites for hydroxylation is 2. The maximum absolute atomic E-state index is 13.2. The van der Waals surface area contributed by atoms with Crippen LogP contribution in [0.1, 0.15) is 37.6 Å². The third-order valence-corrected chi connectivity index (χ3v) is 6.29. The molecule has 0 spiro atoms. The Labute approximate surface area is 172 Å². The molecule has 0 saturated heterocycles. The fourth-order valence-electron chi connectivity index (χ4n) is 3.45. The van der Waals surface area contributed by atoms with Crippen molar-refractivity contribution in [2.45, 2.75) is 19.8 Å². The van der Waals surface area contributed by atoms with Crippen LogP contribution in [0.15, 0.2) is 54.6 Å². The number of hydrogen-bond acceptors (Lipinski definition) is 3. The third-order valence-electron chi connectivity index (χ3n) is 4.82. The number of amides is 2. The molecule has 4 rings (SSSR count). The summed E-state index contributed by atoms with van der Waals surface area (Å²) >= 11 is 7.40. The Morgan fingerprint density at radius 3 is 2.68 bits per heavy atom. The first-order chi connectivity index (χ1) is 13.5. The van der Waals surface area contributed by atoms with Crippen LogP contribution in [0, 0.1) is 6.92 Å². The number of thiophene rings is 1. The first-order valence-corrected chi connectivity index (χ1v) is 10.3. The molecular formula is C22H19ClN2O2S. The normalized spacial score (nSPS) is 13.1. The molecule has 1 aliphatic rings. The molecule has 6 heteroatoms. The summed E-state index contributed by atoms with van der Waals surface area (Å²) in [5.74, 6) is -0.304. The van der Waals surface area contributed by atoms with Crippen molar-refractivity contribution in [2.75, 3.05) is 16.8 Å². The van der Waals surface area contributed by atoms with E-state index in [4.69, 9.17) is 11.6 Å². The van der Waals surface area contributed by atoms with E-state index in [9.17, 15) is 9.59 Å². The number of carbonyl (C=O) groups excluding carboxylic acids is 2. The smallest absolute Gasteiger partial charge is 0.268 e. The molecule has 1 aromatic heterocycles. The molecule has 0 radical (unpaired) electrons. The maximum Gasteiger partial charge on any atom is 0.268 e. The number of rotatable bonds is 3. The molecule has 28 heavy (non-hydrogen) atoms. The Balaban J connectivity index is 1.58. The number of para-hydroxylation sites is 1. The molecule has 3 aromatic rings. The van der Waals surface area contributed by atoms with E-state index in [1.165, 1.54) is 16.9 Å². The summed E-state index contributed by atoms with van der Waals surface area (Å²) in [5.41, 5.74) is 3.44. The monoisotopic (exact) mass is 410 g/mol. The van der Waals surface area contributed by atoms with Crippen molar-refractivity contribution in [2.24, 2.45) is 0 Å². The van der Waals surface area contributed by atoms with Gasteiger partial charge in [0.15, 0.2) is 0 Å². The van der Waals surface area contributed by atoms with E-state index in [2.05, 4.69) is 11.4 Å². The van der Waals surface area contributed by atoms with Gasteiger partial charge in [0, 0.05) is 12.2 Å². The molecule has 142 valence electrons. The molecule has 0 atom stereocenters. The van der Waals surface area contributed by atoms with E-state index in [-0.39, 0.29) is 11.8 Å². The van der Waals surface area contributed by atoms with Gasteiger partial charge in [0.1, 0.15) is 0 Å². The summed E-state index contributed by atoms with van der Waals surface area (Å²) < 4.78 is 0. The number of halogens is 1. The van der Waals surface area contributed by atoms with Crippen molar-refractivity contribution in [3.05, 3.63) is 81.2 Å². The van der Waals surface area contributed by atoms with Crippen LogP contribution in [-0.2, 0) is 6.42 Å². The van der Waals surface area contributed by atoms with E-state index in [1.54, 1.807) is 24.3 Å². The van der Waals surface area contributed by atoms with Gasteiger partial charge in [0.05, 0.1) is 20.5 Å². The molecule has 0 fully saturated rings. The zero-order valence-corrected chi connectivity index (χ0v) is 16.9. The van der Waals surface area contributed by atoms with Gasteiger partial charge in [0.2, 0.25) is 0 Å². The molecule has 0 unspecified atom stereocenters. The van der Waals surface area contributed by atoms with Crippen LogP contribution >= 0.6 is 22.9 Å². The Bertz CT molecular complexity index is 1060. The van der Waals surface area contributed by atoms with E-state index in [0.29, 0.717) is 27.0 Å². The summed E-state index contributed by atoms with van der Waals surface area (Å²) in [6.45, 7) is 2.60. The number of carbonyl (C=O) groups is 2. The van der Waals surface area contributed by atoms with E-state index < -0.39 is 0 Å². The molecule has 4 nitrogen and oxygen atoms in total. The fourth-order valence-corrected chi connectivity index (χ4v) is 4.69. The highest BCUT2D eigenvalue weighted by Crippen LogP contribution is 2.33. The molecule has 0 saturated carbocycles. The SMILES string of the molecule is Cc1cc(NC(=O)c2ccccc2Cl)sc1C(=O)N1CCCc2ccccc21. The minimum Gasteiger partial charge on any atom is -0.313 e. The predicted octanol–water partition coefficient (Wildman–Crippen LogP) is 5.56. The van der Waals surface area contributed by atoms with Gasteiger partial charge >= 0.3 is 0 Å². The van der Waals surface area contributed by atoms with Crippen LogP contribution < -0.4 is 10.2 Å². The molecule has 2 heterocycles. The predicted molar refractivity (Wildman–Crippen MR) is 115 cm³/mol. The van der Waals surface area contributed by atoms with Gasteiger partial charge in [-0.1, -0.05) is 41.9 Å². The minimum atomic E-state index is -0.283. The number of fused-ring (bicyclic) bond motifs is 1. The number of anilines is 2. The Hall–Kier alpha value is -2.63. The number of nitrogens with one attached hydrogen (secondary N) is 1. The lowest BCUT2D eigenvalue weighted by molar-refractivity contribution is 0.0986. The highest BCUT2D eigenvalue weighted by molar-refractivity contribution is 7.18. The van der Waals surface area contributed by atoms with Gasteiger partial charge in [-0.15, -0.1) is 11.3 Å². The number of hydrogen-bond donors (Lipinski definition) is 1. The second-order valence-corrected chi connectivity index (χ2v) is 8.21. The lowest BCUT2D eigenvalue weighted by atomic mass is 10.0. The first-order valence-electron chi connectivity index (χ1n) is 9.10. The molecule has 1 N–H and O–H groups in total. The van der Waals surface area contributed by atoms with Crippen molar-refractivity contribution in [3.63, 3.8) is 0 Å². The van der Waals surface area contributed by atoms with Crippen LogP contribution in [0.5, 0.6) is 0 Å². The average Bonchev–Trinajstić information content (AvgIpc) is 3.07. The van der Waals surface area contributed by atoms with Gasteiger partial charge in [-0.3, -0.25) is 9.59 Å². The molecule has 1 aliphatic heterocycles. The summed E-state index contributed by atoms with van der Waals surface area (Å²) in [4.78, 5) is 28.2. The Morgan fingerprint density at radius 2 is 1.86 bits per heavy atom. The average molecular weight is 411 g/mol. The van der Waals surface area contributed by atoms with Crippen molar-refractivity contribution < 1.29 is 9.59 Å². The Kier molecular flexibility index (Phi) is 5.20. The number of benzene rings is 2. The van der Waals surface area contributed by atoms with Crippen LogP contribution in [-0.4, -0.2) is 18.4 Å². The second-order valence-electron chi connectivity index (χ2n) is 6.75. The highest BCUT2D eigenvalue weighted by Gasteiger charge is 2.26. The van der Waals surface area contributed by atoms with Gasteiger partial charge in [-0.2, -0.15) is 0 Å². The molecule has 0 aliphatic carbocycles. The fraction of sp³-hybridized carbons (Fsp3) is 0.182. The Morgan fingerprint density at radius 1 is 1.11 bits per heavy atom. The summed E-state index contributed by atoms with van der Waals surface area (Å²) in [6.07, 6.45) is 1.94. The summed E-state index contributed by atoms with van der Waals surface area (Å²) in [7, 11) is 0. The largest absolute Gasteiger partial charge is 0.313 e. The van der Waals surface area contributed by atoms with Crippen molar-refractivity contribution >= 4 is 45.4 Å². The molecule has 2 aromatic carbocycles. The van der Waals surface area contributed by atoms with Gasteiger partial charge < -0.3 is 10.2 Å². The van der Waals surface area contributed by atoms with Gasteiger partial charge in [-0.05, 0) is 55.2 Å². The van der Waals surface area contributed by atoms with E-state index in [0.717, 1.165) is 24.1 Å². The summed E-state index contributed by atoms with van der Waals surface area (Å²) in [5, 5.41) is 3.89. The zero-order valence-electron chi connectivity index (χ0n) is 15.4. The molecule has 2 amide bonds. The van der Waals surface area contributed by atoms with Gasteiger partial charge in [-0.25, -0.2) is 0 Å². The first kappa shape index (κ1) is 18.7. The molecule has 0 bridgehead atoms. The standard InChI is InChI=1S/C22H19ClN2O2S/c1-14-13-19(24-21(26)16-9-3-4-10-17(16)23)28-20(14)22(27)25-12-6-8-15-7-2-5-11-18(15)25/h2-5,7,9-11,13H,6,8,12H2,1H3,(H,24,26). The van der Waals surface area contributed by atoms with Gasteiger partial charge in [0.25, 0.3) is 11.8 Å². The van der Waals surface area contributed by atoms with Crippen LogP contribution in [0.25, 0.3) is 0 Å². The maximum atomic E-state index is 13.2. The lowest BCUT2D eigenvalue weighted by Crippen LogP contribution is -2.35. The van der Waals surface area contributed by atoms with E-state index in [1.807, 2.05) is 36.1 Å². The van der Waals surface area contributed by atoms with Crippen LogP contribution in [0.4, 0.5) is 10.7 Å². The second kappa shape index (κ2) is 7.78. The summed E-state index contributed by atoms with van der Waals surface area (Å²) in [6, 6.07) is 16.8. The van der Waals surface area contributed by atoms with Crippen molar-refractivity contribution in [1.82, 2.24) is 0 Å². The topological polar surface area (TPSA) is 49.4 Å². The minimum absolute atomic E-state index is 0.0205. The van der Waals surface area contributed by atoms with Crippen LogP contribution in [0.3, 0.4) is 0 Å². The van der Waals surface area contributed by atoms with E-state index >= 15 is 0 Å². The van der Waals surface area contributed by atoms with Crippen molar-refractivity contribution in [3.8, 4) is 0 Å².